The molecule has 0 amide bonds. The summed E-state index contributed by atoms with van der Waals surface area (Å²) < 4.78 is 27.3. The first kappa shape index (κ1) is 17.2. The number of sulfonamides is 1. The highest BCUT2D eigenvalue weighted by Gasteiger charge is 2.34. The van der Waals surface area contributed by atoms with Crippen LogP contribution in [0.4, 0.5) is 5.69 Å². The summed E-state index contributed by atoms with van der Waals surface area (Å²) in [6.45, 7) is 7.73. The third kappa shape index (κ3) is 3.00. The lowest BCUT2D eigenvalue weighted by atomic mass is 10.0. The molecule has 5 nitrogen and oxygen atoms in total. The predicted molar refractivity (Wildman–Crippen MR) is 99.1 cm³/mol. The van der Waals surface area contributed by atoms with E-state index in [-0.39, 0.29) is 5.25 Å². The molecule has 0 radical (unpaired) electrons. The van der Waals surface area contributed by atoms with Crippen LogP contribution in [0.2, 0.25) is 0 Å². The van der Waals surface area contributed by atoms with Gasteiger partial charge in [-0.2, -0.15) is 0 Å². The Kier molecular flexibility index (Phi) is 4.78. The number of nitrogens with one attached hydrogen (secondary N) is 1. The Labute approximate surface area is 144 Å². The summed E-state index contributed by atoms with van der Waals surface area (Å²) in [4.78, 5) is 6.95. The van der Waals surface area contributed by atoms with E-state index in [9.17, 15) is 8.42 Å². The number of anilines is 1. The largest absolute Gasteiger partial charge is 0.369 e. The van der Waals surface area contributed by atoms with E-state index in [1.165, 1.54) is 5.56 Å². The molecular weight excluding hydrogens is 322 g/mol. The first-order valence-corrected chi connectivity index (χ1v) is 10.1. The van der Waals surface area contributed by atoms with Gasteiger partial charge in [0.15, 0.2) is 0 Å². The maximum Gasteiger partial charge on any atom is 0.216 e. The molecule has 2 aromatic rings. The lowest BCUT2D eigenvalue weighted by molar-refractivity contribution is 0.571. The molecule has 2 heterocycles. The van der Waals surface area contributed by atoms with Crippen LogP contribution in [0.5, 0.6) is 0 Å². The van der Waals surface area contributed by atoms with E-state index in [0.29, 0.717) is 19.5 Å². The SMILES string of the molecule is CCNS(=O)(=O)C1CCN(c2c(CC)c(C)nc3ccccc23)C1. The number of nitrogens with zero attached hydrogens (tertiary/aromatic N) is 2. The van der Waals surface area contributed by atoms with E-state index in [1.54, 1.807) is 0 Å². The molecule has 0 bridgehead atoms. The standard InChI is InChI=1S/C18H25N3O2S/c1-4-15-13(3)20-17-9-7-6-8-16(17)18(15)21-11-10-14(12-21)24(22,23)19-5-2/h6-9,14,19H,4-5,10-12H2,1-3H3. The molecule has 1 saturated heterocycles. The Morgan fingerprint density at radius 2 is 2.04 bits per heavy atom. The monoisotopic (exact) mass is 347 g/mol. The van der Waals surface area contributed by atoms with Crippen molar-refractivity contribution < 1.29 is 8.42 Å². The van der Waals surface area contributed by atoms with Gasteiger partial charge in [-0.15, -0.1) is 0 Å². The normalized spacial score (nSPS) is 18.5. The highest BCUT2D eigenvalue weighted by atomic mass is 32.2. The molecule has 1 N–H and O–H groups in total. The zero-order chi connectivity index (χ0) is 17.3. The van der Waals surface area contributed by atoms with Gasteiger partial charge in [-0.05, 0) is 31.4 Å². The minimum Gasteiger partial charge on any atom is -0.369 e. The number of benzene rings is 1. The third-order valence-corrected chi connectivity index (χ3v) is 6.72. The minimum absolute atomic E-state index is 0.352. The van der Waals surface area contributed by atoms with Gasteiger partial charge in [0.1, 0.15) is 0 Å². The highest BCUT2D eigenvalue weighted by molar-refractivity contribution is 7.90. The van der Waals surface area contributed by atoms with Crippen molar-refractivity contribution in [1.29, 1.82) is 0 Å². The molecule has 0 spiro atoms. The van der Waals surface area contributed by atoms with Crippen molar-refractivity contribution in [2.24, 2.45) is 0 Å². The van der Waals surface area contributed by atoms with E-state index < -0.39 is 10.0 Å². The molecule has 6 heteroatoms. The number of aryl methyl sites for hydroxylation is 1. The van der Waals surface area contributed by atoms with E-state index in [4.69, 9.17) is 4.98 Å². The minimum atomic E-state index is -3.24. The quantitative estimate of drug-likeness (QED) is 0.903. The van der Waals surface area contributed by atoms with Crippen LogP contribution in [-0.4, -0.2) is 38.3 Å². The van der Waals surface area contributed by atoms with Gasteiger partial charge in [0.05, 0.1) is 16.5 Å². The van der Waals surface area contributed by atoms with Gasteiger partial charge in [-0.1, -0.05) is 32.0 Å². The van der Waals surface area contributed by atoms with E-state index >= 15 is 0 Å². The molecule has 0 aliphatic carbocycles. The zero-order valence-corrected chi connectivity index (χ0v) is 15.4. The van der Waals surface area contributed by atoms with Gasteiger partial charge in [-0.25, -0.2) is 13.1 Å². The van der Waals surface area contributed by atoms with Gasteiger partial charge in [0.2, 0.25) is 10.0 Å². The van der Waals surface area contributed by atoms with Crippen molar-refractivity contribution in [3.8, 4) is 0 Å². The number of hydrogen-bond donors (Lipinski definition) is 1. The molecule has 3 rings (SSSR count). The number of hydrogen-bond acceptors (Lipinski definition) is 4. The van der Waals surface area contributed by atoms with Crippen molar-refractivity contribution in [2.45, 2.75) is 38.9 Å². The Morgan fingerprint density at radius 1 is 1.29 bits per heavy atom. The fourth-order valence-corrected chi connectivity index (χ4v) is 5.07. The first-order valence-electron chi connectivity index (χ1n) is 8.59. The zero-order valence-electron chi connectivity index (χ0n) is 14.5. The second-order valence-electron chi connectivity index (χ2n) is 6.29. The number of fused-ring (bicyclic) bond motifs is 1. The van der Waals surface area contributed by atoms with Crippen LogP contribution in [0.3, 0.4) is 0 Å². The molecule has 0 saturated carbocycles. The lowest BCUT2D eigenvalue weighted by Gasteiger charge is -2.25. The first-order chi connectivity index (χ1) is 11.5. The number of aromatic nitrogens is 1. The van der Waals surface area contributed by atoms with E-state index in [2.05, 4.69) is 22.6 Å². The fraction of sp³-hybridized carbons (Fsp3) is 0.500. The van der Waals surface area contributed by atoms with Crippen LogP contribution in [0.25, 0.3) is 10.9 Å². The third-order valence-electron chi connectivity index (χ3n) is 4.77. The Bertz CT molecular complexity index is 849. The van der Waals surface area contributed by atoms with Gasteiger partial charge < -0.3 is 4.90 Å². The lowest BCUT2D eigenvalue weighted by Crippen LogP contribution is -2.36. The average Bonchev–Trinajstić information content (AvgIpc) is 3.04. The maximum atomic E-state index is 12.3. The predicted octanol–water partition coefficient (Wildman–Crippen LogP) is 2.62. The topological polar surface area (TPSA) is 62.3 Å². The van der Waals surface area contributed by atoms with Crippen molar-refractivity contribution in [1.82, 2.24) is 9.71 Å². The molecule has 130 valence electrons. The van der Waals surface area contributed by atoms with Crippen molar-refractivity contribution in [3.63, 3.8) is 0 Å². The molecule has 1 aliphatic rings. The van der Waals surface area contributed by atoms with Crippen molar-refractivity contribution in [2.75, 3.05) is 24.5 Å². The molecule has 1 aromatic carbocycles. The number of pyridine rings is 1. The number of para-hydroxylation sites is 1. The second kappa shape index (κ2) is 6.69. The van der Waals surface area contributed by atoms with Gasteiger partial charge in [-0.3, -0.25) is 4.98 Å². The molecule has 1 aromatic heterocycles. The summed E-state index contributed by atoms with van der Waals surface area (Å²) in [5.41, 5.74) is 4.38. The maximum absolute atomic E-state index is 12.3. The molecule has 1 unspecified atom stereocenters. The average molecular weight is 347 g/mol. The van der Waals surface area contributed by atoms with E-state index in [0.717, 1.165) is 35.2 Å². The molecule has 24 heavy (non-hydrogen) atoms. The van der Waals surface area contributed by atoms with Gasteiger partial charge in [0.25, 0.3) is 0 Å². The molecular formula is C18H25N3O2S. The van der Waals surface area contributed by atoms with Crippen LogP contribution in [0.15, 0.2) is 24.3 Å². The van der Waals surface area contributed by atoms with Crippen LogP contribution >= 0.6 is 0 Å². The van der Waals surface area contributed by atoms with Crippen molar-refractivity contribution >= 4 is 26.6 Å². The summed E-state index contributed by atoms with van der Waals surface area (Å²) in [5, 5.41) is 0.760. The summed E-state index contributed by atoms with van der Waals surface area (Å²) in [7, 11) is -3.24. The Morgan fingerprint density at radius 3 is 2.75 bits per heavy atom. The van der Waals surface area contributed by atoms with Gasteiger partial charge in [0, 0.05) is 30.7 Å². The molecule has 1 fully saturated rings. The molecule has 1 aliphatic heterocycles. The smallest absolute Gasteiger partial charge is 0.216 e. The van der Waals surface area contributed by atoms with Crippen molar-refractivity contribution in [3.05, 3.63) is 35.5 Å². The van der Waals surface area contributed by atoms with Crippen LogP contribution in [0, 0.1) is 6.92 Å². The van der Waals surface area contributed by atoms with Gasteiger partial charge >= 0.3 is 0 Å². The van der Waals surface area contributed by atoms with Crippen LogP contribution in [0.1, 0.15) is 31.5 Å². The van der Waals surface area contributed by atoms with E-state index in [1.807, 2.05) is 32.0 Å². The summed E-state index contributed by atoms with van der Waals surface area (Å²) in [5.74, 6) is 0. The Balaban J connectivity index is 2.04. The summed E-state index contributed by atoms with van der Waals surface area (Å²) in [6, 6.07) is 8.12. The summed E-state index contributed by atoms with van der Waals surface area (Å²) >= 11 is 0. The second-order valence-corrected chi connectivity index (χ2v) is 8.34. The van der Waals surface area contributed by atoms with Crippen LogP contribution < -0.4 is 9.62 Å². The summed E-state index contributed by atoms with van der Waals surface area (Å²) in [6.07, 6.45) is 1.55. The molecule has 1 atom stereocenters. The Hall–Kier alpha value is -1.66. The van der Waals surface area contributed by atoms with Crippen LogP contribution in [-0.2, 0) is 16.4 Å². The highest BCUT2D eigenvalue weighted by Crippen LogP contribution is 2.35. The number of rotatable bonds is 5. The fourth-order valence-electron chi connectivity index (χ4n) is 3.64.